The predicted octanol–water partition coefficient (Wildman–Crippen LogP) is 5.06. The molecule has 1 aromatic heterocycles. The zero-order valence-electron chi connectivity index (χ0n) is 22.9. The molecule has 206 valence electrons. The predicted molar refractivity (Wildman–Crippen MR) is 155 cm³/mol. The van der Waals surface area contributed by atoms with Gasteiger partial charge in [0.2, 0.25) is 0 Å². The second kappa shape index (κ2) is 12.9. The molecule has 1 N–H and O–H groups in total. The number of benzene rings is 3. The maximum atomic E-state index is 11.8. The Morgan fingerprint density at radius 3 is 2.10 bits per heavy atom. The van der Waals surface area contributed by atoms with Gasteiger partial charge in [-0.15, -0.1) is 5.10 Å². The van der Waals surface area contributed by atoms with Gasteiger partial charge in [-0.1, -0.05) is 96.2 Å². The van der Waals surface area contributed by atoms with Crippen LogP contribution in [0.5, 0.6) is 0 Å². The summed E-state index contributed by atoms with van der Waals surface area (Å²) < 4.78 is 6.83. The molecule has 1 aliphatic heterocycles. The number of carbonyl (C=O) groups is 1. The summed E-state index contributed by atoms with van der Waals surface area (Å²) in [5, 5.41) is 19.5. The van der Waals surface area contributed by atoms with Crippen molar-refractivity contribution in [2.75, 3.05) is 19.7 Å². The van der Waals surface area contributed by atoms with Gasteiger partial charge in [0, 0.05) is 26.1 Å². The van der Waals surface area contributed by atoms with E-state index in [0.29, 0.717) is 45.5 Å². The molecular formula is C33H36N4O3. The van der Waals surface area contributed by atoms with E-state index in [9.17, 15) is 9.90 Å². The number of hydrogen-bond donors (Lipinski definition) is 1. The summed E-state index contributed by atoms with van der Waals surface area (Å²) >= 11 is 0. The number of aliphatic hydroxyl groups is 1. The highest BCUT2D eigenvalue weighted by Gasteiger charge is 2.44. The largest absolute Gasteiger partial charge is 0.466 e. The van der Waals surface area contributed by atoms with E-state index < -0.39 is 11.6 Å². The zero-order valence-corrected chi connectivity index (χ0v) is 22.9. The van der Waals surface area contributed by atoms with Gasteiger partial charge in [-0.25, -0.2) is 4.68 Å². The highest BCUT2D eigenvalue weighted by molar-refractivity contribution is 5.69. The lowest BCUT2D eigenvalue weighted by Crippen LogP contribution is -2.52. The molecule has 3 aromatic carbocycles. The highest BCUT2D eigenvalue weighted by atomic mass is 16.5. The van der Waals surface area contributed by atoms with Gasteiger partial charge < -0.3 is 9.84 Å². The number of aromatic nitrogens is 3. The minimum atomic E-state index is -0.570. The fourth-order valence-corrected chi connectivity index (χ4v) is 5.73. The first-order valence-corrected chi connectivity index (χ1v) is 14.0. The molecule has 7 heteroatoms. The molecule has 1 unspecified atom stereocenters. The maximum absolute atomic E-state index is 11.8. The summed E-state index contributed by atoms with van der Waals surface area (Å²) in [4.78, 5) is 14.3. The summed E-state index contributed by atoms with van der Waals surface area (Å²) in [6.45, 7) is 4.01. The average molecular weight is 537 g/mol. The molecule has 40 heavy (non-hydrogen) atoms. The maximum Gasteiger partial charge on any atom is 0.305 e. The van der Waals surface area contributed by atoms with Gasteiger partial charge in [0.05, 0.1) is 30.1 Å². The Morgan fingerprint density at radius 1 is 0.975 bits per heavy atom. The molecule has 0 amide bonds. The Bertz CT molecular complexity index is 1310. The Hall–Kier alpha value is -4.07. The van der Waals surface area contributed by atoms with E-state index in [2.05, 4.69) is 88.0 Å². The van der Waals surface area contributed by atoms with E-state index in [1.165, 1.54) is 16.7 Å². The third kappa shape index (κ3) is 5.76. The first-order valence-electron chi connectivity index (χ1n) is 14.0. The number of hydrogen-bond acceptors (Lipinski definition) is 6. The number of ether oxygens (including phenoxy) is 1. The van der Waals surface area contributed by atoms with Crippen LogP contribution >= 0.6 is 0 Å². The summed E-state index contributed by atoms with van der Waals surface area (Å²) in [6.07, 6.45) is 4.68. The van der Waals surface area contributed by atoms with E-state index in [1.807, 2.05) is 24.3 Å². The molecule has 0 aliphatic carbocycles. The summed E-state index contributed by atoms with van der Waals surface area (Å²) in [5.74, 6) is -0.208. The molecule has 0 saturated carbocycles. The van der Waals surface area contributed by atoms with Crippen LogP contribution in [0, 0.1) is 0 Å². The van der Waals surface area contributed by atoms with Crippen LogP contribution in [0.25, 0.3) is 6.08 Å². The number of piperidine rings is 1. The van der Waals surface area contributed by atoms with Crippen molar-refractivity contribution < 1.29 is 14.6 Å². The van der Waals surface area contributed by atoms with E-state index in [1.54, 1.807) is 17.8 Å². The minimum Gasteiger partial charge on any atom is -0.466 e. The van der Waals surface area contributed by atoms with Crippen molar-refractivity contribution in [1.82, 2.24) is 19.9 Å². The van der Waals surface area contributed by atoms with Gasteiger partial charge in [-0.2, -0.15) is 0 Å². The van der Waals surface area contributed by atoms with Crippen molar-refractivity contribution in [3.05, 3.63) is 125 Å². The van der Waals surface area contributed by atoms with Crippen LogP contribution in [0.1, 0.15) is 48.6 Å². The van der Waals surface area contributed by atoms with Gasteiger partial charge >= 0.3 is 5.97 Å². The van der Waals surface area contributed by atoms with Gasteiger partial charge in [0.25, 0.3) is 0 Å². The summed E-state index contributed by atoms with van der Waals surface area (Å²) in [7, 11) is 0. The quantitative estimate of drug-likeness (QED) is 0.225. The number of aryl methyl sites for hydroxylation is 1. The molecule has 2 heterocycles. The minimum absolute atomic E-state index is 0.208. The number of likely N-dealkylation sites (tertiary alicyclic amines) is 1. The van der Waals surface area contributed by atoms with Crippen LogP contribution in [-0.2, 0) is 21.6 Å². The summed E-state index contributed by atoms with van der Waals surface area (Å²) in [6, 6.07) is 31.8. The smallest absolute Gasteiger partial charge is 0.305 e. The van der Waals surface area contributed by atoms with Gasteiger partial charge in [0.1, 0.15) is 0 Å². The highest BCUT2D eigenvalue weighted by Crippen LogP contribution is 2.44. The Morgan fingerprint density at radius 2 is 1.55 bits per heavy atom. The van der Waals surface area contributed by atoms with Crippen LogP contribution in [-0.4, -0.2) is 56.8 Å². The van der Waals surface area contributed by atoms with Gasteiger partial charge in [-0.3, -0.25) is 9.69 Å². The Kier molecular flexibility index (Phi) is 8.84. The first-order chi connectivity index (χ1) is 19.6. The van der Waals surface area contributed by atoms with Crippen LogP contribution in [0.4, 0.5) is 0 Å². The van der Waals surface area contributed by atoms with Crippen molar-refractivity contribution in [2.45, 2.75) is 44.4 Å². The van der Waals surface area contributed by atoms with Crippen LogP contribution in [0.2, 0.25) is 0 Å². The molecule has 0 spiro atoms. The molecule has 7 nitrogen and oxygen atoms in total. The van der Waals surface area contributed by atoms with Gasteiger partial charge in [-0.05, 0) is 48.1 Å². The Balaban J connectivity index is 1.52. The summed E-state index contributed by atoms with van der Waals surface area (Å²) in [5.41, 5.74) is 4.69. The van der Waals surface area contributed by atoms with Crippen molar-refractivity contribution in [3.63, 3.8) is 0 Å². The van der Waals surface area contributed by atoms with E-state index in [0.717, 1.165) is 11.3 Å². The lowest BCUT2D eigenvalue weighted by molar-refractivity contribution is -0.143. The second-order valence-electron chi connectivity index (χ2n) is 10.0. The van der Waals surface area contributed by atoms with Crippen molar-refractivity contribution in [1.29, 1.82) is 0 Å². The monoisotopic (exact) mass is 536 g/mol. The molecule has 0 bridgehead atoms. The third-order valence-electron chi connectivity index (χ3n) is 7.56. The molecule has 1 aliphatic rings. The Labute approximate surface area is 235 Å². The number of carbonyl (C=O) groups excluding carboxylic acids is 1. The molecule has 0 radical (unpaired) electrons. The lowest BCUT2D eigenvalue weighted by Gasteiger charge is -2.48. The third-order valence-corrected chi connectivity index (χ3v) is 7.56. The molecule has 1 atom stereocenters. The van der Waals surface area contributed by atoms with Crippen molar-refractivity contribution in [3.8, 4) is 0 Å². The number of aliphatic hydroxyl groups excluding tert-OH is 1. The number of esters is 1. The van der Waals surface area contributed by atoms with Gasteiger partial charge in [0.15, 0.2) is 0 Å². The molecule has 1 fully saturated rings. The number of nitrogens with zero attached hydrogens (tertiary/aromatic N) is 4. The fourth-order valence-electron chi connectivity index (χ4n) is 5.73. The second-order valence-corrected chi connectivity index (χ2v) is 10.0. The van der Waals surface area contributed by atoms with Crippen molar-refractivity contribution >= 4 is 12.0 Å². The zero-order chi connectivity index (χ0) is 27.8. The van der Waals surface area contributed by atoms with E-state index >= 15 is 0 Å². The number of rotatable bonds is 10. The fraction of sp³-hybridized carbons (Fsp3) is 0.303. The molecule has 4 aromatic rings. The van der Waals surface area contributed by atoms with Crippen LogP contribution < -0.4 is 0 Å². The van der Waals surface area contributed by atoms with Crippen molar-refractivity contribution in [2.24, 2.45) is 0 Å². The first kappa shape index (κ1) is 27.5. The van der Waals surface area contributed by atoms with Crippen LogP contribution in [0.15, 0.2) is 103 Å². The van der Waals surface area contributed by atoms with E-state index in [-0.39, 0.29) is 5.97 Å². The SMILES string of the molecule is CCOC(=O)CCCn1nncc1C=C1CN(C(c2ccccc2)(c2ccccc2)c2ccccc2)CCC1O. The standard InChI is InChI=1S/C33H36N4O3/c1-2-40-32(39)19-12-21-37-30(24-34-35-37)23-26-25-36(22-20-31(26)38)33(27-13-6-3-7-14-27,28-15-8-4-9-16-28)29-17-10-5-11-18-29/h3-11,13-18,23-24,31,38H,2,12,19-22,25H2,1H3. The molecule has 1 saturated heterocycles. The molecular weight excluding hydrogens is 500 g/mol. The normalized spacial score (nSPS) is 17.1. The van der Waals surface area contributed by atoms with E-state index in [4.69, 9.17) is 4.74 Å². The topological polar surface area (TPSA) is 80.5 Å². The average Bonchev–Trinajstić information content (AvgIpc) is 3.43. The molecule has 5 rings (SSSR count). The lowest BCUT2D eigenvalue weighted by atomic mass is 9.74. The van der Waals surface area contributed by atoms with Crippen LogP contribution in [0.3, 0.4) is 0 Å².